The van der Waals surface area contributed by atoms with Gasteiger partial charge in [0.2, 0.25) is 0 Å². The molecule has 0 aliphatic carbocycles. The molecule has 4 heteroatoms. The van der Waals surface area contributed by atoms with Crippen LogP contribution < -0.4 is 4.74 Å². The van der Waals surface area contributed by atoms with E-state index in [1.807, 2.05) is 24.4 Å². The predicted molar refractivity (Wildman–Crippen MR) is 77.2 cm³/mol. The highest BCUT2D eigenvalue weighted by atomic mass is 16.5. The van der Waals surface area contributed by atoms with Gasteiger partial charge in [-0.15, -0.1) is 0 Å². The summed E-state index contributed by atoms with van der Waals surface area (Å²) in [6.45, 7) is 0.430. The number of ether oxygens (including phenoxy) is 1. The van der Waals surface area contributed by atoms with Crippen molar-refractivity contribution < 1.29 is 9.94 Å². The van der Waals surface area contributed by atoms with Crippen molar-refractivity contribution in [2.45, 2.75) is 6.42 Å². The Kier molecular flexibility index (Phi) is 3.46. The van der Waals surface area contributed by atoms with Gasteiger partial charge in [-0.25, -0.2) is 0 Å². The molecule has 0 radical (unpaired) electrons. The van der Waals surface area contributed by atoms with E-state index in [9.17, 15) is 0 Å². The highest BCUT2D eigenvalue weighted by Crippen LogP contribution is 2.27. The fourth-order valence-corrected chi connectivity index (χ4v) is 2.24. The number of nitrogens with zero attached hydrogens (tertiary/aromatic N) is 2. The third-order valence-electron chi connectivity index (χ3n) is 3.16. The molecule has 0 saturated carbocycles. The van der Waals surface area contributed by atoms with Crippen molar-refractivity contribution in [1.82, 2.24) is 4.98 Å². The summed E-state index contributed by atoms with van der Waals surface area (Å²) in [5, 5.41) is 11.6. The van der Waals surface area contributed by atoms with Gasteiger partial charge >= 0.3 is 0 Å². The number of rotatable bonds is 3. The number of pyridine rings is 1. The van der Waals surface area contributed by atoms with Crippen LogP contribution in [0.15, 0.2) is 53.5 Å². The van der Waals surface area contributed by atoms with Gasteiger partial charge < -0.3 is 9.94 Å². The lowest BCUT2D eigenvalue weighted by Gasteiger charge is -2.16. The summed E-state index contributed by atoms with van der Waals surface area (Å²) in [7, 11) is 0. The third-order valence-corrected chi connectivity index (χ3v) is 3.16. The molecule has 0 amide bonds. The summed E-state index contributed by atoms with van der Waals surface area (Å²) in [5.41, 5.74) is 4.22. The summed E-state index contributed by atoms with van der Waals surface area (Å²) < 4.78 is 5.61. The molecule has 0 bridgehead atoms. The smallest absolute Gasteiger partial charge is 0.127 e. The summed E-state index contributed by atoms with van der Waals surface area (Å²) in [5.74, 6) is 0.857. The van der Waals surface area contributed by atoms with Crippen molar-refractivity contribution in [3.05, 3.63) is 65.0 Å². The van der Waals surface area contributed by atoms with Gasteiger partial charge in [0.1, 0.15) is 12.4 Å². The first kappa shape index (κ1) is 12.4. The molecular formula is C16H14N2O2. The summed E-state index contributed by atoms with van der Waals surface area (Å²) in [6.07, 6.45) is 7.85. The quantitative estimate of drug-likeness (QED) is 0.528. The Labute approximate surface area is 117 Å². The van der Waals surface area contributed by atoms with Gasteiger partial charge in [0, 0.05) is 23.5 Å². The molecule has 2 aromatic rings. The van der Waals surface area contributed by atoms with Gasteiger partial charge in [-0.2, -0.15) is 0 Å². The SMILES string of the molecule is O/N=C/C1=Cc2cc(Cc3cccnc3)ccc2OC1. The Morgan fingerprint density at radius 3 is 3.05 bits per heavy atom. The van der Waals surface area contributed by atoms with Crippen molar-refractivity contribution in [3.8, 4) is 5.75 Å². The van der Waals surface area contributed by atoms with E-state index in [1.165, 1.54) is 17.3 Å². The number of oxime groups is 1. The molecule has 0 fully saturated rings. The molecule has 0 spiro atoms. The van der Waals surface area contributed by atoms with Gasteiger partial charge in [-0.1, -0.05) is 17.3 Å². The van der Waals surface area contributed by atoms with E-state index in [4.69, 9.17) is 9.94 Å². The van der Waals surface area contributed by atoms with Gasteiger partial charge in [0.05, 0.1) is 6.21 Å². The monoisotopic (exact) mass is 266 g/mol. The molecular weight excluding hydrogens is 252 g/mol. The van der Waals surface area contributed by atoms with Crippen LogP contribution in [0.5, 0.6) is 5.75 Å². The Hall–Kier alpha value is -2.62. The van der Waals surface area contributed by atoms with Crippen LogP contribution in [0.25, 0.3) is 6.08 Å². The first-order valence-corrected chi connectivity index (χ1v) is 6.38. The molecule has 1 N–H and O–H groups in total. The summed E-state index contributed by atoms with van der Waals surface area (Å²) >= 11 is 0. The second-order valence-corrected chi connectivity index (χ2v) is 4.66. The number of aromatic nitrogens is 1. The maximum Gasteiger partial charge on any atom is 0.127 e. The van der Waals surface area contributed by atoms with Gasteiger partial charge in [0.15, 0.2) is 0 Å². The average Bonchev–Trinajstić information content (AvgIpc) is 2.48. The molecule has 2 heterocycles. The minimum atomic E-state index is 0.430. The van der Waals surface area contributed by atoms with Crippen molar-refractivity contribution >= 4 is 12.3 Å². The first-order chi connectivity index (χ1) is 9.85. The van der Waals surface area contributed by atoms with Crippen molar-refractivity contribution in [2.24, 2.45) is 5.16 Å². The molecule has 0 saturated heterocycles. The van der Waals surface area contributed by atoms with Gasteiger partial charge in [0.25, 0.3) is 0 Å². The fourth-order valence-electron chi connectivity index (χ4n) is 2.24. The molecule has 3 rings (SSSR count). The second-order valence-electron chi connectivity index (χ2n) is 4.66. The highest BCUT2D eigenvalue weighted by molar-refractivity contribution is 5.87. The minimum Gasteiger partial charge on any atom is -0.488 e. The Bertz CT molecular complexity index is 663. The molecule has 0 unspecified atom stereocenters. The van der Waals surface area contributed by atoms with Crippen LogP contribution in [0.4, 0.5) is 0 Å². The number of hydrogen-bond acceptors (Lipinski definition) is 4. The van der Waals surface area contributed by atoms with Crippen LogP contribution in [-0.4, -0.2) is 23.0 Å². The average molecular weight is 266 g/mol. The van der Waals surface area contributed by atoms with Gasteiger partial charge in [-0.3, -0.25) is 4.98 Å². The van der Waals surface area contributed by atoms with E-state index in [0.29, 0.717) is 6.61 Å². The van der Waals surface area contributed by atoms with E-state index in [-0.39, 0.29) is 0 Å². The standard InChI is InChI=1S/C16H14N2O2/c19-18-10-14-8-15-7-12(3-4-16(15)20-11-14)6-13-2-1-5-17-9-13/h1-5,7-10,19H,6,11H2/b18-10+. The minimum absolute atomic E-state index is 0.430. The predicted octanol–water partition coefficient (Wildman–Crippen LogP) is 2.91. The lowest BCUT2D eigenvalue weighted by Crippen LogP contribution is -2.08. The van der Waals surface area contributed by atoms with Crippen molar-refractivity contribution in [2.75, 3.05) is 6.61 Å². The van der Waals surface area contributed by atoms with Crippen LogP contribution >= 0.6 is 0 Å². The van der Waals surface area contributed by atoms with Crippen LogP contribution in [0, 0.1) is 0 Å². The Balaban J connectivity index is 1.88. The number of benzene rings is 1. The third kappa shape index (κ3) is 2.69. The molecule has 1 aromatic heterocycles. The van der Waals surface area contributed by atoms with E-state index < -0.39 is 0 Å². The maximum absolute atomic E-state index is 8.58. The molecule has 1 aliphatic rings. The maximum atomic E-state index is 8.58. The van der Waals surface area contributed by atoms with Crippen molar-refractivity contribution in [3.63, 3.8) is 0 Å². The van der Waals surface area contributed by atoms with E-state index in [0.717, 1.165) is 23.3 Å². The highest BCUT2D eigenvalue weighted by Gasteiger charge is 2.11. The van der Waals surface area contributed by atoms with E-state index >= 15 is 0 Å². The molecule has 20 heavy (non-hydrogen) atoms. The lowest BCUT2D eigenvalue weighted by molar-refractivity contribution is 0.319. The van der Waals surface area contributed by atoms with Crippen LogP contribution in [-0.2, 0) is 6.42 Å². The number of fused-ring (bicyclic) bond motifs is 1. The summed E-state index contributed by atoms with van der Waals surface area (Å²) in [6, 6.07) is 10.1. The molecule has 1 aromatic carbocycles. The largest absolute Gasteiger partial charge is 0.488 e. The van der Waals surface area contributed by atoms with Crippen molar-refractivity contribution in [1.29, 1.82) is 0 Å². The lowest BCUT2D eigenvalue weighted by atomic mass is 10.0. The Morgan fingerprint density at radius 1 is 1.30 bits per heavy atom. The van der Waals surface area contributed by atoms with E-state index in [2.05, 4.69) is 28.3 Å². The van der Waals surface area contributed by atoms with Crippen LogP contribution in [0.1, 0.15) is 16.7 Å². The molecule has 4 nitrogen and oxygen atoms in total. The fraction of sp³-hybridized carbons (Fsp3) is 0.125. The number of hydrogen-bond donors (Lipinski definition) is 1. The topological polar surface area (TPSA) is 54.7 Å². The molecule has 0 atom stereocenters. The zero-order valence-electron chi connectivity index (χ0n) is 10.9. The first-order valence-electron chi connectivity index (χ1n) is 6.38. The van der Waals surface area contributed by atoms with E-state index in [1.54, 1.807) is 6.20 Å². The van der Waals surface area contributed by atoms with Crippen LogP contribution in [0.2, 0.25) is 0 Å². The Morgan fingerprint density at radius 2 is 2.25 bits per heavy atom. The zero-order chi connectivity index (χ0) is 13.8. The zero-order valence-corrected chi connectivity index (χ0v) is 10.9. The molecule has 100 valence electrons. The normalized spacial score (nSPS) is 13.7. The molecule has 1 aliphatic heterocycles. The second kappa shape index (κ2) is 5.57. The van der Waals surface area contributed by atoms with Crippen LogP contribution in [0.3, 0.4) is 0 Å². The summed E-state index contributed by atoms with van der Waals surface area (Å²) in [4.78, 5) is 4.12. The van der Waals surface area contributed by atoms with Gasteiger partial charge in [-0.05, 0) is 41.8 Å².